The van der Waals surface area contributed by atoms with E-state index in [-0.39, 0.29) is 6.54 Å². The maximum absolute atomic E-state index is 11.8. The lowest BCUT2D eigenvalue weighted by atomic mass is 10.2. The predicted molar refractivity (Wildman–Crippen MR) is 49.3 cm³/mol. The molecule has 6 heteroatoms. The molecule has 0 saturated carbocycles. The highest BCUT2D eigenvalue weighted by Gasteiger charge is 2.26. The normalized spacial score (nSPS) is 11.8. The summed E-state index contributed by atoms with van der Waals surface area (Å²) in [5, 5.41) is 9.94. The van der Waals surface area contributed by atoms with Crippen LogP contribution in [0.5, 0.6) is 0 Å². The van der Waals surface area contributed by atoms with Gasteiger partial charge in [-0.05, 0) is 25.5 Å². The fourth-order valence-corrected chi connectivity index (χ4v) is 1.12. The van der Waals surface area contributed by atoms with Crippen LogP contribution in [0, 0.1) is 13.8 Å². The second-order valence-electron chi connectivity index (χ2n) is 3.32. The molecule has 0 aliphatic rings. The number of aromatic nitrogens is 2. The van der Waals surface area contributed by atoms with E-state index in [1.165, 1.54) is 0 Å². The molecule has 0 radical (unpaired) electrons. The van der Waals surface area contributed by atoms with E-state index in [1.807, 2.05) is 0 Å². The molecule has 3 nitrogen and oxygen atoms in total. The number of aryl methyl sites for hydroxylation is 2. The highest BCUT2D eigenvalue weighted by Crippen LogP contribution is 2.13. The molecule has 84 valence electrons. The summed E-state index contributed by atoms with van der Waals surface area (Å²) >= 11 is 0. The maximum Gasteiger partial charge on any atom is 0.401 e. The van der Waals surface area contributed by atoms with Crippen LogP contribution in [-0.2, 0) is 6.54 Å². The number of halogens is 3. The maximum atomic E-state index is 11.8. The van der Waals surface area contributed by atoms with Crippen molar-refractivity contribution in [1.29, 1.82) is 0 Å². The minimum Gasteiger partial charge on any atom is -0.305 e. The molecule has 1 heterocycles. The van der Waals surface area contributed by atoms with Gasteiger partial charge in [-0.2, -0.15) is 23.4 Å². The smallest absolute Gasteiger partial charge is 0.305 e. The second kappa shape index (κ2) is 4.57. The van der Waals surface area contributed by atoms with Gasteiger partial charge in [0, 0.05) is 6.54 Å². The first-order chi connectivity index (χ1) is 6.88. The molecule has 0 aromatic carbocycles. The predicted octanol–water partition coefficient (Wildman–Crippen LogP) is 1.75. The zero-order valence-corrected chi connectivity index (χ0v) is 8.52. The van der Waals surface area contributed by atoms with Gasteiger partial charge in [-0.25, -0.2) is 0 Å². The quantitative estimate of drug-likeness (QED) is 0.841. The molecule has 0 bridgehead atoms. The summed E-state index contributed by atoms with van der Waals surface area (Å²) in [7, 11) is 0. The van der Waals surface area contributed by atoms with Gasteiger partial charge >= 0.3 is 6.18 Å². The highest BCUT2D eigenvalue weighted by molar-refractivity contribution is 5.19. The lowest BCUT2D eigenvalue weighted by molar-refractivity contribution is -0.125. The van der Waals surface area contributed by atoms with Gasteiger partial charge in [-0.3, -0.25) is 0 Å². The minimum atomic E-state index is -4.18. The standard InChI is InChI=1S/C9H12F3N3/c1-6-3-8(7(2)15-14-6)4-13-5-9(10,11)12/h3,13H,4-5H2,1-2H3. The van der Waals surface area contributed by atoms with E-state index in [0.29, 0.717) is 11.4 Å². The van der Waals surface area contributed by atoms with Crippen LogP contribution in [0.3, 0.4) is 0 Å². The average Bonchev–Trinajstić information content (AvgIpc) is 2.09. The Kier molecular flexibility index (Phi) is 3.62. The minimum absolute atomic E-state index is 0.154. The molecule has 1 rings (SSSR count). The van der Waals surface area contributed by atoms with Crippen molar-refractivity contribution in [3.05, 3.63) is 23.0 Å². The lowest BCUT2D eigenvalue weighted by Crippen LogP contribution is -2.28. The van der Waals surface area contributed by atoms with Crippen molar-refractivity contribution in [2.75, 3.05) is 6.54 Å². The summed E-state index contributed by atoms with van der Waals surface area (Å²) in [4.78, 5) is 0. The number of hydrogen-bond donors (Lipinski definition) is 1. The topological polar surface area (TPSA) is 37.8 Å². The van der Waals surface area contributed by atoms with Crippen LogP contribution in [0.2, 0.25) is 0 Å². The van der Waals surface area contributed by atoms with Gasteiger partial charge in [0.05, 0.1) is 17.9 Å². The number of hydrogen-bond acceptors (Lipinski definition) is 3. The third-order valence-electron chi connectivity index (χ3n) is 1.85. The molecule has 15 heavy (non-hydrogen) atoms. The number of nitrogens with zero attached hydrogens (tertiary/aromatic N) is 2. The Hall–Kier alpha value is -1.17. The van der Waals surface area contributed by atoms with Crippen LogP contribution in [0.1, 0.15) is 17.0 Å². The van der Waals surface area contributed by atoms with Crippen molar-refractivity contribution in [2.24, 2.45) is 0 Å². The molecule has 1 aromatic heterocycles. The van der Waals surface area contributed by atoms with Gasteiger partial charge in [-0.15, -0.1) is 0 Å². The molecule has 0 saturated heterocycles. The Labute approximate surface area is 85.7 Å². The largest absolute Gasteiger partial charge is 0.401 e. The first-order valence-corrected chi connectivity index (χ1v) is 4.46. The van der Waals surface area contributed by atoms with Crippen molar-refractivity contribution in [3.63, 3.8) is 0 Å². The van der Waals surface area contributed by atoms with Crippen LogP contribution < -0.4 is 5.32 Å². The van der Waals surface area contributed by atoms with Crippen molar-refractivity contribution < 1.29 is 13.2 Å². The summed E-state index contributed by atoms with van der Waals surface area (Å²) in [6.07, 6.45) is -4.18. The Morgan fingerprint density at radius 3 is 2.53 bits per heavy atom. The molecule has 0 fully saturated rings. The van der Waals surface area contributed by atoms with Gasteiger partial charge in [-0.1, -0.05) is 0 Å². The monoisotopic (exact) mass is 219 g/mol. The first-order valence-electron chi connectivity index (χ1n) is 4.46. The van der Waals surface area contributed by atoms with Crippen LogP contribution in [0.4, 0.5) is 13.2 Å². The van der Waals surface area contributed by atoms with Gasteiger partial charge in [0.25, 0.3) is 0 Å². The Balaban J connectivity index is 2.54. The Morgan fingerprint density at radius 1 is 1.27 bits per heavy atom. The van der Waals surface area contributed by atoms with Crippen molar-refractivity contribution >= 4 is 0 Å². The third kappa shape index (κ3) is 4.24. The Bertz CT molecular complexity index is 336. The molecule has 0 atom stereocenters. The molecule has 0 aliphatic carbocycles. The van der Waals surface area contributed by atoms with E-state index in [2.05, 4.69) is 15.5 Å². The van der Waals surface area contributed by atoms with E-state index in [1.54, 1.807) is 19.9 Å². The summed E-state index contributed by atoms with van der Waals surface area (Å²) < 4.78 is 35.5. The van der Waals surface area contributed by atoms with E-state index in [9.17, 15) is 13.2 Å². The Morgan fingerprint density at radius 2 is 1.93 bits per heavy atom. The summed E-state index contributed by atoms with van der Waals surface area (Å²) in [5.74, 6) is 0. The average molecular weight is 219 g/mol. The van der Waals surface area contributed by atoms with E-state index >= 15 is 0 Å². The molecular formula is C9H12F3N3. The molecular weight excluding hydrogens is 207 g/mol. The number of rotatable bonds is 3. The van der Waals surface area contributed by atoms with E-state index in [0.717, 1.165) is 5.56 Å². The fourth-order valence-electron chi connectivity index (χ4n) is 1.12. The fraction of sp³-hybridized carbons (Fsp3) is 0.556. The van der Waals surface area contributed by atoms with Crippen LogP contribution >= 0.6 is 0 Å². The van der Waals surface area contributed by atoms with Gasteiger partial charge in [0.15, 0.2) is 0 Å². The van der Waals surface area contributed by atoms with Gasteiger partial charge < -0.3 is 5.32 Å². The summed E-state index contributed by atoms with van der Waals surface area (Å²) in [6, 6.07) is 1.73. The second-order valence-corrected chi connectivity index (χ2v) is 3.32. The molecule has 0 amide bonds. The first kappa shape index (κ1) is 11.9. The van der Waals surface area contributed by atoms with E-state index < -0.39 is 12.7 Å². The van der Waals surface area contributed by atoms with Crippen LogP contribution in [0.25, 0.3) is 0 Å². The molecule has 1 N–H and O–H groups in total. The zero-order chi connectivity index (χ0) is 11.5. The molecule has 0 aliphatic heterocycles. The third-order valence-corrected chi connectivity index (χ3v) is 1.85. The molecule has 0 spiro atoms. The SMILES string of the molecule is Cc1cc(CNCC(F)(F)F)c(C)nn1. The van der Waals surface area contributed by atoms with Crippen molar-refractivity contribution in [3.8, 4) is 0 Å². The van der Waals surface area contributed by atoms with Crippen molar-refractivity contribution in [1.82, 2.24) is 15.5 Å². The lowest BCUT2D eigenvalue weighted by Gasteiger charge is -2.09. The van der Waals surface area contributed by atoms with Crippen LogP contribution in [0.15, 0.2) is 6.07 Å². The summed E-state index contributed by atoms with van der Waals surface area (Å²) in [6.45, 7) is 2.63. The van der Waals surface area contributed by atoms with Crippen molar-refractivity contribution in [2.45, 2.75) is 26.6 Å². The summed E-state index contributed by atoms with van der Waals surface area (Å²) in [5.41, 5.74) is 2.09. The number of nitrogens with one attached hydrogen (secondary N) is 1. The van der Waals surface area contributed by atoms with E-state index in [4.69, 9.17) is 0 Å². The highest BCUT2D eigenvalue weighted by atomic mass is 19.4. The van der Waals surface area contributed by atoms with Gasteiger partial charge in [0.2, 0.25) is 0 Å². The number of alkyl halides is 3. The van der Waals surface area contributed by atoms with Gasteiger partial charge in [0.1, 0.15) is 0 Å². The molecule has 1 aromatic rings. The zero-order valence-electron chi connectivity index (χ0n) is 8.52. The molecule has 0 unspecified atom stereocenters. The van der Waals surface area contributed by atoms with Crippen LogP contribution in [-0.4, -0.2) is 22.9 Å².